The zero-order chi connectivity index (χ0) is 31.7. The molecule has 2 aromatic carbocycles. The number of thiophene rings is 1. The first-order chi connectivity index (χ1) is 21.1. The summed E-state index contributed by atoms with van der Waals surface area (Å²) in [5.41, 5.74) is 2.86. The van der Waals surface area contributed by atoms with E-state index in [0.717, 1.165) is 35.4 Å². The Balaban J connectivity index is 1.59. The van der Waals surface area contributed by atoms with Crippen molar-refractivity contribution in [1.82, 2.24) is 5.32 Å². The second-order valence-corrected chi connectivity index (χ2v) is 13.2. The molecular weight excluding hydrogens is 576 g/mol. The Morgan fingerprint density at radius 2 is 1.73 bits per heavy atom. The van der Waals surface area contributed by atoms with Crippen LogP contribution in [0.15, 0.2) is 54.6 Å². The molecule has 1 fully saturated rings. The van der Waals surface area contributed by atoms with Crippen molar-refractivity contribution in [3.8, 4) is 16.2 Å². The summed E-state index contributed by atoms with van der Waals surface area (Å²) >= 11 is 1.24. The highest BCUT2D eigenvalue weighted by Gasteiger charge is 2.27. The van der Waals surface area contributed by atoms with E-state index in [1.165, 1.54) is 43.3 Å². The van der Waals surface area contributed by atoms with Crippen LogP contribution in [0, 0.1) is 12.8 Å². The number of benzene rings is 2. The van der Waals surface area contributed by atoms with Crippen molar-refractivity contribution in [3.05, 3.63) is 70.6 Å². The Bertz CT molecular complexity index is 1420. The van der Waals surface area contributed by atoms with Crippen molar-refractivity contribution in [1.29, 1.82) is 0 Å². The van der Waals surface area contributed by atoms with Crippen LogP contribution in [0.5, 0.6) is 5.75 Å². The normalized spacial score (nSPS) is 13.7. The lowest BCUT2D eigenvalue weighted by Crippen LogP contribution is -2.43. The van der Waals surface area contributed by atoms with Gasteiger partial charge in [-0.3, -0.25) is 4.90 Å². The molecule has 0 unspecified atom stereocenters. The first kappa shape index (κ1) is 33.1. The molecule has 4 rings (SSSR count). The quantitative estimate of drug-likeness (QED) is 0.222. The molecule has 8 nitrogen and oxygen atoms in total. The highest BCUT2D eigenvalue weighted by atomic mass is 32.1. The average Bonchev–Trinajstić information content (AvgIpc) is 3.34. The predicted molar refractivity (Wildman–Crippen MR) is 175 cm³/mol. The topological polar surface area (TPSA) is 94.2 Å². The van der Waals surface area contributed by atoms with Gasteiger partial charge < -0.3 is 19.5 Å². The van der Waals surface area contributed by atoms with E-state index in [2.05, 4.69) is 17.4 Å². The van der Waals surface area contributed by atoms with Gasteiger partial charge in [0.1, 0.15) is 11.4 Å². The SMILES string of the molecule is COC(=O)c1sc(-c2cccc(N(CC3CCCCC3)C(=O)NCCc3ccccc3)c2)c(C)c1OCC(=O)OC(C)(C)C. The smallest absolute Gasteiger partial charge is 0.351 e. The first-order valence-corrected chi connectivity index (χ1v) is 16.1. The van der Waals surface area contributed by atoms with E-state index in [1.54, 1.807) is 20.8 Å². The first-order valence-electron chi connectivity index (χ1n) is 15.3. The number of ether oxygens (including phenoxy) is 3. The lowest BCUT2D eigenvalue weighted by atomic mass is 9.89. The Morgan fingerprint density at radius 1 is 1.00 bits per heavy atom. The summed E-state index contributed by atoms with van der Waals surface area (Å²) in [7, 11) is 1.31. The van der Waals surface area contributed by atoms with Crippen LogP contribution < -0.4 is 15.0 Å². The molecule has 1 heterocycles. The van der Waals surface area contributed by atoms with Gasteiger partial charge in [0.15, 0.2) is 11.5 Å². The van der Waals surface area contributed by atoms with Gasteiger partial charge in [0.25, 0.3) is 0 Å². The van der Waals surface area contributed by atoms with Crippen LogP contribution in [0.1, 0.15) is 73.7 Å². The van der Waals surface area contributed by atoms with Gasteiger partial charge in [-0.15, -0.1) is 11.3 Å². The summed E-state index contributed by atoms with van der Waals surface area (Å²) in [4.78, 5) is 41.7. The minimum atomic E-state index is -0.655. The molecule has 236 valence electrons. The lowest BCUT2D eigenvalue weighted by Gasteiger charge is -2.30. The van der Waals surface area contributed by atoms with Crippen LogP contribution >= 0.6 is 11.3 Å². The minimum absolute atomic E-state index is 0.122. The van der Waals surface area contributed by atoms with Gasteiger partial charge in [-0.2, -0.15) is 0 Å². The number of carbonyl (C=O) groups excluding carboxylic acids is 3. The van der Waals surface area contributed by atoms with Crippen LogP contribution in [0.25, 0.3) is 10.4 Å². The molecule has 3 aromatic rings. The van der Waals surface area contributed by atoms with Gasteiger partial charge in [0.2, 0.25) is 0 Å². The second-order valence-electron chi connectivity index (χ2n) is 12.2. The van der Waals surface area contributed by atoms with Crippen molar-refractivity contribution in [3.63, 3.8) is 0 Å². The number of nitrogens with one attached hydrogen (secondary N) is 1. The molecule has 0 atom stereocenters. The molecule has 1 aliphatic rings. The Hall–Kier alpha value is -3.85. The highest BCUT2D eigenvalue weighted by Crippen LogP contribution is 2.42. The van der Waals surface area contributed by atoms with Crippen LogP contribution in [-0.2, 0) is 20.7 Å². The second kappa shape index (κ2) is 15.2. The van der Waals surface area contributed by atoms with Crippen LogP contribution in [-0.4, -0.2) is 50.4 Å². The van der Waals surface area contributed by atoms with Gasteiger partial charge in [-0.1, -0.05) is 61.7 Å². The fourth-order valence-corrected chi connectivity index (χ4v) is 6.65. The van der Waals surface area contributed by atoms with Crippen molar-refractivity contribution in [2.45, 2.75) is 71.8 Å². The Kier molecular flexibility index (Phi) is 11.4. The molecule has 1 N–H and O–H groups in total. The number of hydrogen-bond donors (Lipinski definition) is 1. The molecule has 0 spiro atoms. The number of hydrogen-bond acceptors (Lipinski definition) is 7. The van der Waals surface area contributed by atoms with Gasteiger partial charge >= 0.3 is 18.0 Å². The monoisotopic (exact) mass is 620 g/mol. The van der Waals surface area contributed by atoms with E-state index in [1.807, 2.05) is 54.3 Å². The molecule has 0 radical (unpaired) electrons. The molecule has 9 heteroatoms. The van der Waals surface area contributed by atoms with Gasteiger partial charge in [0, 0.05) is 29.2 Å². The van der Waals surface area contributed by atoms with Gasteiger partial charge in [-0.05, 0) is 76.1 Å². The fourth-order valence-electron chi connectivity index (χ4n) is 5.48. The third kappa shape index (κ3) is 9.08. The third-order valence-electron chi connectivity index (χ3n) is 7.58. The van der Waals surface area contributed by atoms with E-state index >= 15 is 0 Å². The molecule has 0 saturated heterocycles. The van der Waals surface area contributed by atoms with Crippen molar-refractivity contribution in [2.75, 3.05) is 31.7 Å². The number of methoxy groups -OCH3 is 1. The van der Waals surface area contributed by atoms with E-state index in [0.29, 0.717) is 30.3 Å². The molecule has 0 bridgehead atoms. The largest absolute Gasteiger partial charge is 0.480 e. The summed E-state index contributed by atoms with van der Waals surface area (Å²) in [6.07, 6.45) is 6.58. The molecule has 0 aliphatic heterocycles. The minimum Gasteiger partial charge on any atom is -0.480 e. The van der Waals surface area contributed by atoms with Crippen LogP contribution in [0.4, 0.5) is 10.5 Å². The van der Waals surface area contributed by atoms with E-state index in [9.17, 15) is 14.4 Å². The van der Waals surface area contributed by atoms with Crippen LogP contribution in [0.3, 0.4) is 0 Å². The summed E-state index contributed by atoms with van der Waals surface area (Å²) in [5.74, 6) is -0.337. The number of amides is 2. The maximum absolute atomic E-state index is 13.6. The number of nitrogens with zero attached hydrogens (tertiary/aromatic N) is 1. The maximum atomic E-state index is 13.6. The third-order valence-corrected chi connectivity index (χ3v) is 8.88. The molecule has 2 amide bonds. The number of anilines is 1. The summed E-state index contributed by atoms with van der Waals surface area (Å²) < 4.78 is 16.3. The summed E-state index contributed by atoms with van der Waals surface area (Å²) in [5, 5.41) is 3.13. The average molecular weight is 621 g/mol. The van der Waals surface area contributed by atoms with Crippen molar-refractivity contribution < 1.29 is 28.6 Å². The zero-order valence-corrected chi connectivity index (χ0v) is 27.3. The maximum Gasteiger partial charge on any atom is 0.351 e. The van der Waals surface area contributed by atoms with Gasteiger partial charge in [-0.25, -0.2) is 14.4 Å². The number of carbonyl (C=O) groups is 3. The summed E-state index contributed by atoms with van der Waals surface area (Å²) in [6.45, 7) is 8.05. The van der Waals surface area contributed by atoms with E-state index in [-0.39, 0.29) is 17.5 Å². The predicted octanol–water partition coefficient (Wildman–Crippen LogP) is 7.57. The molecule has 1 aromatic heterocycles. The molecule has 44 heavy (non-hydrogen) atoms. The zero-order valence-electron chi connectivity index (χ0n) is 26.4. The van der Waals surface area contributed by atoms with E-state index in [4.69, 9.17) is 14.2 Å². The van der Waals surface area contributed by atoms with Gasteiger partial charge in [0.05, 0.1) is 7.11 Å². The standard InChI is InChI=1S/C35H44N2O6S/c1-24-30(42-23-29(38)43-35(2,3)4)32(33(39)41-5)44-31(24)27-17-12-18-28(21-27)37(22-26-15-10-7-11-16-26)34(40)36-20-19-25-13-8-6-9-14-25/h6,8-9,12-14,17-18,21,26H,7,10-11,15-16,19-20,22-23H2,1-5H3,(H,36,40). The molecular formula is C35H44N2O6S. The van der Waals surface area contributed by atoms with E-state index < -0.39 is 17.5 Å². The van der Waals surface area contributed by atoms with Crippen molar-refractivity contribution in [2.24, 2.45) is 5.92 Å². The molecule has 1 saturated carbocycles. The molecule has 1 aliphatic carbocycles. The summed E-state index contributed by atoms with van der Waals surface area (Å²) in [6, 6.07) is 17.8. The number of urea groups is 1. The Morgan fingerprint density at radius 3 is 2.41 bits per heavy atom. The van der Waals surface area contributed by atoms with Crippen molar-refractivity contribution >= 4 is 35.0 Å². The highest BCUT2D eigenvalue weighted by molar-refractivity contribution is 7.18. The Labute approximate surface area is 264 Å². The number of esters is 2. The number of rotatable bonds is 11. The van der Waals surface area contributed by atoms with Crippen LogP contribution in [0.2, 0.25) is 0 Å². The lowest BCUT2D eigenvalue weighted by molar-refractivity contribution is -0.157. The fraction of sp³-hybridized carbons (Fsp3) is 0.457.